The second-order valence-electron chi connectivity index (χ2n) is 5.60. The van der Waals surface area contributed by atoms with Gasteiger partial charge in [0.25, 0.3) is 0 Å². The van der Waals surface area contributed by atoms with E-state index in [-0.39, 0.29) is 11.5 Å². The molecular formula is C13H27NO. The van der Waals surface area contributed by atoms with Gasteiger partial charge in [0.05, 0.1) is 6.10 Å². The Kier molecular flexibility index (Phi) is 4.60. The normalized spacial score (nSPS) is 36.2. The molecule has 2 nitrogen and oxygen atoms in total. The van der Waals surface area contributed by atoms with Gasteiger partial charge >= 0.3 is 0 Å². The van der Waals surface area contributed by atoms with Crippen molar-refractivity contribution in [2.24, 2.45) is 23.0 Å². The van der Waals surface area contributed by atoms with Crippen molar-refractivity contribution >= 4 is 0 Å². The van der Waals surface area contributed by atoms with Gasteiger partial charge in [-0.15, -0.1) is 0 Å². The molecule has 90 valence electrons. The van der Waals surface area contributed by atoms with Gasteiger partial charge in [0.1, 0.15) is 0 Å². The quantitative estimate of drug-likeness (QED) is 0.754. The van der Waals surface area contributed by atoms with E-state index in [9.17, 15) is 5.11 Å². The molecule has 1 aliphatic rings. The van der Waals surface area contributed by atoms with Crippen LogP contribution < -0.4 is 5.73 Å². The number of hydrogen-bond donors (Lipinski definition) is 2. The Labute approximate surface area is 94.2 Å². The predicted octanol–water partition coefficient (Wildman–Crippen LogP) is 2.55. The van der Waals surface area contributed by atoms with Crippen LogP contribution in [0.4, 0.5) is 0 Å². The number of aliphatic hydroxyl groups excluding tert-OH is 1. The molecule has 0 spiro atoms. The van der Waals surface area contributed by atoms with E-state index in [0.717, 1.165) is 25.2 Å². The SMILES string of the molecule is CCC(C)C(O)C1(CN)CCCC(C)C1. The highest BCUT2D eigenvalue weighted by molar-refractivity contribution is 4.93. The van der Waals surface area contributed by atoms with E-state index in [0.29, 0.717) is 12.5 Å². The molecule has 1 rings (SSSR count). The van der Waals surface area contributed by atoms with E-state index < -0.39 is 0 Å². The monoisotopic (exact) mass is 213 g/mol. The third-order valence-corrected chi connectivity index (χ3v) is 4.34. The maximum atomic E-state index is 10.4. The minimum Gasteiger partial charge on any atom is -0.392 e. The molecule has 0 aliphatic heterocycles. The third-order valence-electron chi connectivity index (χ3n) is 4.34. The van der Waals surface area contributed by atoms with Crippen molar-refractivity contribution in [1.29, 1.82) is 0 Å². The van der Waals surface area contributed by atoms with Crippen LogP contribution in [0.15, 0.2) is 0 Å². The summed E-state index contributed by atoms with van der Waals surface area (Å²) in [4.78, 5) is 0. The molecular weight excluding hydrogens is 186 g/mol. The van der Waals surface area contributed by atoms with Crippen molar-refractivity contribution in [3.8, 4) is 0 Å². The van der Waals surface area contributed by atoms with E-state index in [2.05, 4.69) is 20.8 Å². The van der Waals surface area contributed by atoms with Crippen LogP contribution in [0, 0.1) is 17.3 Å². The minimum atomic E-state index is -0.213. The van der Waals surface area contributed by atoms with Gasteiger partial charge in [-0.25, -0.2) is 0 Å². The second-order valence-corrected chi connectivity index (χ2v) is 5.60. The minimum absolute atomic E-state index is 0.00704. The Bertz CT molecular complexity index is 195. The average Bonchev–Trinajstić information content (AvgIpc) is 2.26. The lowest BCUT2D eigenvalue weighted by Crippen LogP contribution is -2.47. The van der Waals surface area contributed by atoms with Gasteiger partial charge in [-0.2, -0.15) is 0 Å². The van der Waals surface area contributed by atoms with Crippen molar-refractivity contribution in [3.63, 3.8) is 0 Å². The largest absolute Gasteiger partial charge is 0.392 e. The summed E-state index contributed by atoms with van der Waals surface area (Å²) in [5.74, 6) is 1.10. The van der Waals surface area contributed by atoms with Crippen molar-refractivity contribution < 1.29 is 5.11 Å². The van der Waals surface area contributed by atoms with E-state index in [1.807, 2.05) is 0 Å². The van der Waals surface area contributed by atoms with Crippen molar-refractivity contribution in [2.45, 2.75) is 59.0 Å². The first-order chi connectivity index (χ1) is 7.05. The fraction of sp³-hybridized carbons (Fsp3) is 1.00. The average molecular weight is 213 g/mol. The van der Waals surface area contributed by atoms with E-state index >= 15 is 0 Å². The molecule has 15 heavy (non-hydrogen) atoms. The van der Waals surface area contributed by atoms with Crippen LogP contribution in [-0.2, 0) is 0 Å². The van der Waals surface area contributed by atoms with Gasteiger partial charge in [0, 0.05) is 12.0 Å². The van der Waals surface area contributed by atoms with Crippen LogP contribution in [-0.4, -0.2) is 17.8 Å². The Morgan fingerprint density at radius 1 is 1.53 bits per heavy atom. The van der Waals surface area contributed by atoms with Crippen molar-refractivity contribution in [3.05, 3.63) is 0 Å². The van der Waals surface area contributed by atoms with Gasteiger partial charge in [-0.05, 0) is 24.7 Å². The first-order valence-corrected chi connectivity index (χ1v) is 6.44. The highest BCUT2D eigenvalue weighted by Gasteiger charge is 2.41. The fourth-order valence-corrected chi connectivity index (χ4v) is 3.10. The summed E-state index contributed by atoms with van der Waals surface area (Å²) >= 11 is 0. The zero-order valence-electron chi connectivity index (χ0n) is 10.5. The van der Waals surface area contributed by atoms with Crippen LogP contribution in [0.25, 0.3) is 0 Å². The first kappa shape index (κ1) is 13.0. The summed E-state index contributed by atoms with van der Waals surface area (Å²) in [7, 11) is 0. The molecule has 0 radical (unpaired) electrons. The fourth-order valence-electron chi connectivity index (χ4n) is 3.10. The molecule has 1 aliphatic carbocycles. The lowest BCUT2D eigenvalue weighted by atomic mass is 9.64. The molecule has 0 aromatic heterocycles. The summed E-state index contributed by atoms with van der Waals surface area (Å²) in [6.07, 6.45) is 5.57. The second kappa shape index (κ2) is 5.31. The molecule has 0 aromatic rings. The molecule has 4 unspecified atom stereocenters. The predicted molar refractivity (Wildman–Crippen MR) is 64.6 cm³/mol. The third kappa shape index (κ3) is 2.73. The van der Waals surface area contributed by atoms with Gasteiger partial charge in [-0.3, -0.25) is 0 Å². The number of hydrogen-bond acceptors (Lipinski definition) is 2. The number of aliphatic hydroxyl groups is 1. The summed E-state index contributed by atoms with van der Waals surface area (Å²) in [5.41, 5.74) is 5.94. The van der Waals surface area contributed by atoms with Crippen LogP contribution >= 0.6 is 0 Å². The first-order valence-electron chi connectivity index (χ1n) is 6.44. The van der Waals surface area contributed by atoms with Gasteiger partial charge in [0.15, 0.2) is 0 Å². The van der Waals surface area contributed by atoms with Gasteiger partial charge < -0.3 is 10.8 Å². The lowest BCUT2D eigenvalue weighted by Gasteiger charge is -2.44. The molecule has 0 aromatic carbocycles. The molecule has 1 saturated carbocycles. The zero-order valence-corrected chi connectivity index (χ0v) is 10.5. The molecule has 0 heterocycles. The highest BCUT2D eigenvalue weighted by Crippen LogP contribution is 2.43. The van der Waals surface area contributed by atoms with E-state index in [4.69, 9.17) is 5.73 Å². The molecule has 4 atom stereocenters. The molecule has 2 heteroatoms. The summed E-state index contributed by atoms with van der Waals surface area (Å²) < 4.78 is 0. The smallest absolute Gasteiger partial charge is 0.0633 e. The molecule has 3 N–H and O–H groups in total. The summed E-state index contributed by atoms with van der Waals surface area (Å²) in [6.45, 7) is 7.21. The zero-order chi connectivity index (χ0) is 11.5. The van der Waals surface area contributed by atoms with Crippen LogP contribution in [0.1, 0.15) is 52.9 Å². The van der Waals surface area contributed by atoms with Gasteiger partial charge in [0.2, 0.25) is 0 Å². The van der Waals surface area contributed by atoms with Crippen LogP contribution in [0.5, 0.6) is 0 Å². The summed E-state index contributed by atoms with van der Waals surface area (Å²) in [5, 5.41) is 10.4. The molecule has 1 fully saturated rings. The van der Waals surface area contributed by atoms with Gasteiger partial charge in [-0.1, -0.05) is 40.0 Å². The topological polar surface area (TPSA) is 46.2 Å². The standard InChI is InChI=1S/C13H27NO/c1-4-11(3)12(15)13(9-14)7-5-6-10(2)8-13/h10-12,15H,4-9,14H2,1-3H3. The van der Waals surface area contributed by atoms with Crippen molar-refractivity contribution in [1.82, 2.24) is 0 Å². The summed E-state index contributed by atoms with van der Waals surface area (Å²) in [6, 6.07) is 0. The van der Waals surface area contributed by atoms with E-state index in [1.54, 1.807) is 0 Å². The lowest BCUT2D eigenvalue weighted by molar-refractivity contribution is -0.0436. The Morgan fingerprint density at radius 2 is 2.20 bits per heavy atom. The molecule has 0 saturated heterocycles. The molecule has 0 amide bonds. The Hall–Kier alpha value is -0.0800. The van der Waals surface area contributed by atoms with Crippen molar-refractivity contribution in [2.75, 3.05) is 6.54 Å². The van der Waals surface area contributed by atoms with Crippen LogP contribution in [0.3, 0.4) is 0 Å². The highest BCUT2D eigenvalue weighted by atomic mass is 16.3. The maximum Gasteiger partial charge on any atom is 0.0633 e. The Morgan fingerprint density at radius 3 is 2.67 bits per heavy atom. The maximum absolute atomic E-state index is 10.4. The number of nitrogens with two attached hydrogens (primary N) is 1. The van der Waals surface area contributed by atoms with E-state index in [1.165, 1.54) is 12.8 Å². The number of rotatable bonds is 4. The molecule has 0 bridgehead atoms. The van der Waals surface area contributed by atoms with Crippen LogP contribution in [0.2, 0.25) is 0 Å². The Balaban J connectivity index is 2.74.